The van der Waals surface area contributed by atoms with Gasteiger partial charge in [-0.05, 0) is 19.1 Å². The number of hydrogen-bond donors (Lipinski definition) is 1. The molecule has 1 atom stereocenters. The lowest BCUT2D eigenvalue weighted by molar-refractivity contribution is -0.383. The van der Waals surface area contributed by atoms with Crippen LogP contribution in [0.4, 0.5) is 5.69 Å². The van der Waals surface area contributed by atoms with Crippen molar-refractivity contribution >= 4 is 22.4 Å². The summed E-state index contributed by atoms with van der Waals surface area (Å²) in [5.74, 6) is -0.199. The molecule has 0 bridgehead atoms. The topological polar surface area (TPSA) is 95.5 Å². The van der Waals surface area contributed by atoms with Gasteiger partial charge in [0, 0.05) is 11.5 Å². The number of nitro groups is 1. The van der Waals surface area contributed by atoms with E-state index < -0.39 is 16.9 Å². The number of nitrogens with two attached hydrogens (primary N) is 1. The number of nitrogens with zero attached hydrogens (tertiary/aromatic N) is 1. The lowest BCUT2D eigenvalue weighted by Crippen LogP contribution is -2.30. The molecule has 1 amide bonds. The molecule has 0 aliphatic carbocycles. The first kappa shape index (κ1) is 12.8. The van der Waals surface area contributed by atoms with Crippen LogP contribution in [0.1, 0.15) is 6.92 Å². The van der Waals surface area contributed by atoms with E-state index in [0.29, 0.717) is 16.5 Å². The summed E-state index contributed by atoms with van der Waals surface area (Å²) < 4.78 is 5.43. The minimum absolute atomic E-state index is 0.00493. The Bertz CT molecular complexity index is 654. The van der Waals surface area contributed by atoms with E-state index in [1.54, 1.807) is 24.3 Å². The van der Waals surface area contributed by atoms with Gasteiger partial charge in [0.15, 0.2) is 6.10 Å². The van der Waals surface area contributed by atoms with Gasteiger partial charge in [0.05, 0.1) is 10.3 Å². The van der Waals surface area contributed by atoms with Gasteiger partial charge in [-0.1, -0.05) is 18.2 Å². The van der Waals surface area contributed by atoms with Crippen molar-refractivity contribution in [3.8, 4) is 5.75 Å². The number of non-ortho nitro benzene ring substituents is 1. The molecule has 0 heterocycles. The van der Waals surface area contributed by atoms with Gasteiger partial charge in [0.2, 0.25) is 0 Å². The molecule has 0 unspecified atom stereocenters. The molecule has 6 heteroatoms. The van der Waals surface area contributed by atoms with Gasteiger partial charge in [0.1, 0.15) is 5.75 Å². The fourth-order valence-electron chi connectivity index (χ4n) is 1.77. The van der Waals surface area contributed by atoms with Crippen LogP contribution in [0.25, 0.3) is 10.8 Å². The van der Waals surface area contributed by atoms with Crippen LogP contribution in [-0.2, 0) is 4.79 Å². The molecular weight excluding hydrogens is 248 g/mol. The average Bonchev–Trinajstić information content (AvgIpc) is 2.38. The largest absolute Gasteiger partial charge is 0.480 e. The fraction of sp³-hybridized carbons (Fsp3) is 0.154. The molecule has 0 aliphatic rings. The maximum atomic E-state index is 11.0. The number of fused-ring (bicyclic) bond motifs is 1. The molecule has 98 valence electrons. The Kier molecular flexibility index (Phi) is 3.33. The Hall–Kier alpha value is -2.63. The monoisotopic (exact) mass is 260 g/mol. The number of hydrogen-bond acceptors (Lipinski definition) is 4. The number of carbonyl (C=O) groups excluding carboxylic acids is 1. The number of nitro benzene ring substituents is 1. The maximum absolute atomic E-state index is 11.0. The van der Waals surface area contributed by atoms with Gasteiger partial charge in [0.25, 0.3) is 11.6 Å². The highest BCUT2D eigenvalue weighted by molar-refractivity contribution is 5.95. The van der Waals surface area contributed by atoms with E-state index >= 15 is 0 Å². The van der Waals surface area contributed by atoms with Crippen molar-refractivity contribution in [1.29, 1.82) is 0 Å². The minimum Gasteiger partial charge on any atom is -0.480 e. The Morgan fingerprint density at radius 1 is 1.26 bits per heavy atom. The molecule has 0 saturated heterocycles. The minimum atomic E-state index is -0.801. The van der Waals surface area contributed by atoms with Gasteiger partial charge >= 0.3 is 0 Å². The Labute approximate surface area is 108 Å². The van der Waals surface area contributed by atoms with Crippen LogP contribution in [0.15, 0.2) is 36.4 Å². The van der Waals surface area contributed by atoms with E-state index in [2.05, 4.69) is 0 Å². The van der Waals surface area contributed by atoms with Crippen LogP contribution in [0.3, 0.4) is 0 Å². The Balaban J connectivity index is 2.55. The molecule has 0 fully saturated rings. The molecule has 0 aliphatic heterocycles. The van der Waals surface area contributed by atoms with Gasteiger partial charge in [-0.3, -0.25) is 14.9 Å². The summed E-state index contributed by atoms with van der Waals surface area (Å²) in [4.78, 5) is 21.5. The number of primary amides is 1. The third kappa shape index (κ3) is 2.47. The number of ether oxygens (including phenoxy) is 1. The van der Waals surface area contributed by atoms with Crippen molar-refractivity contribution in [3.63, 3.8) is 0 Å². The maximum Gasteiger partial charge on any atom is 0.277 e. The summed E-state index contributed by atoms with van der Waals surface area (Å²) in [6, 6.07) is 9.61. The normalized spacial score (nSPS) is 12.1. The summed E-state index contributed by atoms with van der Waals surface area (Å²) >= 11 is 0. The highest BCUT2D eigenvalue weighted by Crippen LogP contribution is 2.33. The van der Waals surface area contributed by atoms with Crippen LogP contribution in [0, 0.1) is 10.1 Å². The summed E-state index contributed by atoms with van der Waals surface area (Å²) in [5.41, 5.74) is 5.13. The first-order chi connectivity index (χ1) is 9.00. The van der Waals surface area contributed by atoms with Crippen LogP contribution in [-0.4, -0.2) is 16.9 Å². The van der Waals surface area contributed by atoms with E-state index in [9.17, 15) is 14.9 Å². The Morgan fingerprint density at radius 3 is 2.47 bits per heavy atom. The molecule has 0 spiro atoms. The van der Waals surface area contributed by atoms with Crippen LogP contribution >= 0.6 is 0 Å². The second-order valence-corrected chi connectivity index (χ2v) is 4.05. The molecule has 0 radical (unpaired) electrons. The van der Waals surface area contributed by atoms with Crippen LogP contribution in [0.5, 0.6) is 5.75 Å². The molecule has 2 aromatic carbocycles. The fourth-order valence-corrected chi connectivity index (χ4v) is 1.77. The zero-order valence-electron chi connectivity index (χ0n) is 10.2. The predicted octanol–water partition coefficient (Wildman–Crippen LogP) is 2.00. The van der Waals surface area contributed by atoms with Crippen molar-refractivity contribution in [2.24, 2.45) is 5.73 Å². The van der Waals surface area contributed by atoms with Crippen molar-refractivity contribution < 1.29 is 14.5 Å². The highest BCUT2D eigenvalue weighted by atomic mass is 16.6. The summed E-state index contributed by atoms with van der Waals surface area (Å²) in [6.07, 6.45) is -0.801. The van der Waals surface area contributed by atoms with E-state index in [1.807, 2.05) is 0 Å². The van der Waals surface area contributed by atoms with Crippen molar-refractivity contribution in [2.75, 3.05) is 0 Å². The Morgan fingerprint density at radius 2 is 1.89 bits per heavy atom. The highest BCUT2D eigenvalue weighted by Gasteiger charge is 2.17. The molecular formula is C13H12N2O4. The van der Waals surface area contributed by atoms with Gasteiger partial charge in [-0.15, -0.1) is 0 Å². The van der Waals surface area contributed by atoms with Crippen LogP contribution in [0.2, 0.25) is 0 Å². The standard InChI is InChI=1S/C13H12N2O4/c1-8(13(14)16)19-12-7-6-11(15(17)18)9-4-2-3-5-10(9)12/h2-8H,1H3,(H2,14,16)/t8-/m1/s1. The first-order valence-electron chi connectivity index (χ1n) is 5.63. The van der Waals surface area contributed by atoms with E-state index in [-0.39, 0.29) is 5.69 Å². The predicted molar refractivity (Wildman–Crippen MR) is 69.9 cm³/mol. The summed E-state index contributed by atoms with van der Waals surface area (Å²) in [5, 5.41) is 12.0. The zero-order valence-corrected chi connectivity index (χ0v) is 10.2. The number of rotatable bonds is 4. The SMILES string of the molecule is C[C@@H](Oc1ccc([N+](=O)[O-])c2ccccc12)C(N)=O. The van der Waals surface area contributed by atoms with E-state index in [0.717, 1.165) is 0 Å². The average molecular weight is 260 g/mol. The van der Waals surface area contributed by atoms with Crippen molar-refractivity contribution in [3.05, 3.63) is 46.5 Å². The molecule has 0 aromatic heterocycles. The molecule has 19 heavy (non-hydrogen) atoms. The van der Waals surface area contributed by atoms with Gasteiger partial charge in [-0.2, -0.15) is 0 Å². The van der Waals surface area contributed by atoms with Gasteiger partial charge < -0.3 is 10.5 Å². The van der Waals surface area contributed by atoms with E-state index in [1.165, 1.54) is 19.1 Å². The van der Waals surface area contributed by atoms with Crippen molar-refractivity contribution in [1.82, 2.24) is 0 Å². The smallest absolute Gasteiger partial charge is 0.277 e. The zero-order chi connectivity index (χ0) is 14.0. The number of carbonyl (C=O) groups is 1. The first-order valence-corrected chi connectivity index (χ1v) is 5.63. The second kappa shape index (κ2) is 4.93. The summed E-state index contributed by atoms with van der Waals surface area (Å²) in [6.45, 7) is 1.53. The third-order valence-electron chi connectivity index (χ3n) is 2.76. The number of amides is 1. The lowest BCUT2D eigenvalue weighted by Gasteiger charge is -2.13. The molecule has 0 saturated carbocycles. The lowest BCUT2D eigenvalue weighted by atomic mass is 10.1. The quantitative estimate of drug-likeness (QED) is 0.671. The van der Waals surface area contributed by atoms with Gasteiger partial charge in [-0.25, -0.2) is 0 Å². The van der Waals surface area contributed by atoms with Crippen LogP contribution < -0.4 is 10.5 Å². The summed E-state index contributed by atoms with van der Waals surface area (Å²) in [7, 11) is 0. The molecule has 2 rings (SSSR count). The molecule has 2 N–H and O–H groups in total. The molecule has 6 nitrogen and oxygen atoms in total. The third-order valence-corrected chi connectivity index (χ3v) is 2.76. The second-order valence-electron chi connectivity index (χ2n) is 4.05. The number of benzene rings is 2. The van der Waals surface area contributed by atoms with Crippen molar-refractivity contribution in [2.45, 2.75) is 13.0 Å². The molecule has 2 aromatic rings. The van der Waals surface area contributed by atoms with E-state index in [4.69, 9.17) is 10.5 Å².